The molecule has 9 nitrogen and oxygen atoms in total. The van der Waals surface area contributed by atoms with E-state index in [1.807, 2.05) is 0 Å². The summed E-state index contributed by atoms with van der Waals surface area (Å²) in [5.74, 6) is -2.21. The predicted octanol–water partition coefficient (Wildman–Crippen LogP) is 2.69. The maximum absolute atomic E-state index is 12.3. The van der Waals surface area contributed by atoms with E-state index >= 15 is 0 Å². The minimum Gasteiger partial charge on any atom is -0.508 e. The number of ether oxygens (including phenoxy) is 2. The molecule has 3 aromatic rings. The van der Waals surface area contributed by atoms with Crippen LogP contribution in [0.4, 0.5) is 0 Å². The third kappa shape index (κ3) is 3.52. The number of aliphatic hydroxyl groups is 1. The highest BCUT2D eigenvalue weighted by Gasteiger charge is 2.40. The number of rotatable bonds is 2. The van der Waals surface area contributed by atoms with E-state index in [1.54, 1.807) is 6.07 Å². The van der Waals surface area contributed by atoms with Gasteiger partial charge in [0.05, 0.1) is 12.5 Å². The normalized spacial score (nSPS) is 21.5. The van der Waals surface area contributed by atoms with E-state index in [2.05, 4.69) is 0 Å². The van der Waals surface area contributed by atoms with Gasteiger partial charge in [-0.3, -0.25) is 4.79 Å². The van der Waals surface area contributed by atoms with Crippen LogP contribution in [0, 0.1) is 0 Å². The number of phenolic OH excluding ortho intramolecular Hbond substituents is 5. The number of benzene rings is 3. The molecule has 0 fully saturated rings. The Bertz CT molecular complexity index is 1260. The summed E-state index contributed by atoms with van der Waals surface area (Å²) in [7, 11) is 0. The summed E-state index contributed by atoms with van der Waals surface area (Å²) < 4.78 is 11.5. The molecule has 3 atom stereocenters. The zero-order valence-electron chi connectivity index (χ0n) is 17.1. The van der Waals surface area contributed by atoms with Crippen LogP contribution in [0.5, 0.6) is 40.2 Å². The SMILES string of the molecule is O=C1C[C@@H](c2ccc(O)c(O)c2)c2c(cc(O)c3c2O[C@H](c2cc(O)cc(O)c2)[C@H](O)C3)O1. The summed E-state index contributed by atoms with van der Waals surface area (Å²) in [6.45, 7) is 0. The number of hydrogen-bond acceptors (Lipinski definition) is 9. The van der Waals surface area contributed by atoms with Crippen LogP contribution >= 0.6 is 0 Å². The van der Waals surface area contributed by atoms with Crippen molar-refractivity contribution in [2.75, 3.05) is 0 Å². The highest BCUT2D eigenvalue weighted by Crippen LogP contribution is 2.52. The topological polar surface area (TPSA) is 157 Å². The van der Waals surface area contributed by atoms with Gasteiger partial charge in [0, 0.05) is 41.2 Å². The molecule has 2 heterocycles. The van der Waals surface area contributed by atoms with Gasteiger partial charge in [-0.2, -0.15) is 0 Å². The third-order valence-electron chi connectivity index (χ3n) is 5.97. The van der Waals surface area contributed by atoms with Gasteiger partial charge in [0.15, 0.2) is 17.6 Å². The van der Waals surface area contributed by atoms with Gasteiger partial charge in [0.1, 0.15) is 28.7 Å². The van der Waals surface area contributed by atoms with Gasteiger partial charge in [-0.1, -0.05) is 6.07 Å². The molecule has 2 aliphatic rings. The van der Waals surface area contributed by atoms with E-state index < -0.39 is 24.1 Å². The molecule has 0 radical (unpaired) electrons. The molecule has 9 heteroatoms. The first-order valence-corrected chi connectivity index (χ1v) is 10.2. The van der Waals surface area contributed by atoms with Crippen molar-refractivity contribution in [3.05, 3.63) is 64.7 Å². The van der Waals surface area contributed by atoms with Crippen molar-refractivity contribution >= 4 is 5.97 Å². The Hall–Kier alpha value is -4.11. The van der Waals surface area contributed by atoms with Crippen molar-refractivity contribution in [1.82, 2.24) is 0 Å². The number of hydrogen-bond donors (Lipinski definition) is 6. The van der Waals surface area contributed by atoms with Gasteiger partial charge < -0.3 is 40.1 Å². The van der Waals surface area contributed by atoms with E-state index in [4.69, 9.17) is 9.47 Å². The van der Waals surface area contributed by atoms with Crippen LogP contribution in [0.3, 0.4) is 0 Å². The van der Waals surface area contributed by atoms with Crippen molar-refractivity contribution in [2.24, 2.45) is 0 Å². The number of aliphatic hydroxyl groups excluding tert-OH is 1. The van der Waals surface area contributed by atoms with E-state index in [-0.39, 0.29) is 53.1 Å². The molecule has 2 aliphatic heterocycles. The first-order chi connectivity index (χ1) is 15.7. The summed E-state index contributed by atoms with van der Waals surface area (Å²) in [6.07, 6.45) is -2.19. The average molecular weight is 452 g/mol. The van der Waals surface area contributed by atoms with Crippen LogP contribution in [0.15, 0.2) is 42.5 Å². The lowest BCUT2D eigenvalue weighted by Gasteiger charge is -2.36. The zero-order chi connectivity index (χ0) is 23.4. The van der Waals surface area contributed by atoms with E-state index in [0.29, 0.717) is 22.3 Å². The Morgan fingerprint density at radius 1 is 0.788 bits per heavy atom. The number of phenols is 5. The molecule has 33 heavy (non-hydrogen) atoms. The third-order valence-corrected chi connectivity index (χ3v) is 5.97. The smallest absolute Gasteiger partial charge is 0.312 e. The van der Waals surface area contributed by atoms with Crippen molar-refractivity contribution in [3.63, 3.8) is 0 Å². The molecular weight excluding hydrogens is 432 g/mol. The minimum atomic E-state index is -1.11. The summed E-state index contributed by atoms with van der Waals surface area (Å²) in [4.78, 5) is 12.3. The Labute approximate surface area is 187 Å². The van der Waals surface area contributed by atoms with Gasteiger partial charge in [-0.25, -0.2) is 0 Å². The summed E-state index contributed by atoms with van der Waals surface area (Å²) in [6, 6.07) is 9.34. The standard InChI is InChI=1S/C24H20O9/c25-12-3-11(4-13(26)6-12)23-19(30)7-15-17(28)9-20-22(24(15)33-23)14(8-21(31)32-20)10-1-2-16(27)18(29)5-10/h1-6,9,14,19,23,25-30H,7-8H2/t14-,19+,23+/m0/s1. The molecule has 0 spiro atoms. The Kier molecular flexibility index (Phi) is 4.71. The van der Waals surface area contributed by atoms with E-state index in [0.717, 1.165) is 6.07 Å². The quantitative estimate of drug-likeness (QED) is 0.195. The fourth-order valence-corrected chi connectivity index (χ4v) is 4.50. The Morgan fingerprint density at radius 2 is 1.52 bits per heavy atom. The molecule has 170 valence electrons. The molecule has 0 saturated carbocycles. The fraction of sp³-hybridized carbons (Fsp3) is 0.208. The van der Waals surface area contributed by atoms with E-state index in [1.165, 1.54) is 30.3 Å². The Morgan fingerprint density at radius 3 is 2.21 bits per heavy atom. The van der Waals surface area contributed by atoms with Gasteiger partial charge >= 0.3 is 5.97 Å². The molecule has 3 aromatic carbocycles. The van der Waals surface area contributed by atoms with E-state index in [9.17, 15) is 35.4 Å². The lowest BCUT2D eigenvalue weighted by atomic mass is 9.82. The van der Waals surface area contributed by atoms with Crippen molar-refractivity contribution in [1.29, 1.82) is 0 Å². The first-order valence-electron chi connectivity index (χ1n) is 10.2. The summed E-state index contributed by atoms with van der Waals surface area (Å²) in [5, 5.41) is 60.7. The maximum atomic E-state index is 12.3. The van der Waals surface area contributed by atoms with Gasteiger partial charge in [0.2, 0.25) is 0 Å². The van der Waals surface area contributed by atoms with Crippen molar-refractivity contribution in [2.45, 2.75) is 31.0 Å². The largest absolute Gasteiger partial charge is 0.508 e. The van der Waals surface area contributed by atoms with Crippen LogP contribution in [0.25, 0.3) is 0 Å². The van der Waals surface area contributed by atoms with Crippen molar-refractivity contribution in [3.8, 4) is 40.2 Å². The molecule has 0 aromatic heterocycles. The fourth-order valence-electron chi connectivity index (χ4n) is 4.50. The number of fused-ring (bicyclic) bond motifs is 3. The highest BCUT2D eigenvalue weighted by atomic mass is 16.5. The molecular formula is C24H20O9. The summed E-state index contributed by atoms with van der Waals surface area (Å²) >= 11 is 0. The van der Waals surface area contributed by atoms with Gasteiger partial charge in [-0.15, -0.1) is 0 Å². The van der Waals surface area contributed by atoms with Crippen LogP contribution in [0.2, 0.25) is 0 Å². The predicted molar refractivity (Wildman–Crippen MR) is 113 cm³/mol. The van der Waals surface area contributed by atoms with Crippen LogP contribution in [-0.4, -0.2) is 42.7 Å². The van der Waals surface area contributed by atoms with Crippen molar-refractivity contribution < 1.29 is 44.9 Å². The minimum absolute atomic E-state index is 0.00295. The second-order valence-electron chi connectivity index (χ2n) is 8.19. The molecule has 0 amide bonds. The maximum Gasteiger partial charge on any atom is 0.312 e. The summed E-state index contributed by atoms with van der Waals surface area (Å²) in [5.41, 5.74) is 1.58. The average Bonchev–Trinajstić information content (AvgIpc) is 2.74. The van der Waals surface area contributed by atoms with Gasteiger partial charge in [0.25, 0.3) is 0 Å². The number of carbonyl (C=O) groups is 1. The van der Waals surface area contributed by atoms with Crippen LogP contribution < -0.4 is 9.47 Å². The zero-order valence-corrected chi connectivity index (χ0v) is 17.1. The number of esters is 1. The molecule has 0 saturated heterocycles. The number of carbonyl (C=O) groups excluding carboxylic acids is 1. The van der Waals surface area contributed by atoms with Crippen LogP contribution in [0.1, 0.15) is 40.7 Å². The second kappa shape index (κ2) is 7.49. The molecule has 0 aliphatic carbocycles. The lowest BCUT2D eigenvalue weighted by molar-refractivity contribution is -0.135. The molecule has 0 bridgehead atoms. The Balaban J connectivity index is 1.67. The molecule has 0 unspecified atom stereocenters. The highest BCUT2D eigenvalue weighted by molar-refractivity contribution is 5.80. The molecule has 5 rings (SSSR count). The number of aromatic hydroxyl groups is 5. The van der Waals surface area contributed by atoms with Gasteiger partial charge in [-0.05, 0) is 29.8 Å². The second-order valence-corrected chi connectivity index (χ2v) is 8.19. The first kappa shape index (κ1) is 20.8. The molecule has 6 N–H and O–H groups in total. The monoisotopic (exact) mass is 452 g/mol. The lowest BCUT2D eigenvalue weighted by Crippen LogP contribution is -2.32. The van der Waals surface area contributed by atoms with Crippen LogP contribution in [-0.2, 0) is 11.2 Å².